The minimum Gasteiger partial charge on any atom is -0.320 e. The maximum Gasteiger partial charge on any atom is 0.211 e. The molecule has 1 unspecified atom stereocenters. The Balaban J connectivity index is 1.54. The van der Waals surface area contributed by atoms with Gasteiger partial charge in [-0.05, 0) is 17.7 Å². The number of hydrogen-bond acceptors (Lipinski definition) is 5. The molecule has 3 heterocycles. The Hall–Kier alpha value is -1.91. The first kappa shape index (κ1) is 18.5. The van der Waals surface area contributed by atoms with Crippen LogP contribution in [0.3, 0.4) is 0 Å². The monoisotopic (exact) mass is 397 g/mol. The van der Waals surface area contributed by atoms with Crippen molar-refractivity contribution in [1.82, 2.24) is 24.0 Å². The van der Waals surface area contributed by atoms with Crippen LogP contribution in [0.15, 0.2) is 24.5 Å². The van der Waals surface area contributed by atoms with Crippen molar-refractivity contribution in [1.29, 1.82) is 0 Å². The van der Waals surface area contributed by atoms with Crippen LogP contribution in [0.2, 0.25) is 0 Å². The molecule has 0 aliphatic carbocycles. The Labute approximate surface area is 156 Å². The summed E-state index contributed by atoms with van der Waals surface area (Å²) in [5, 5.41) is 8.14. The second-order valence-electron chi connectivity index (χ2n) is 7.66. The zero-order chi connectivity index (χ0) is 19.4. The van der Waals surface area contributed by atoms with E-state index in [1.165, 1.54) is 16.6 Å². The van der Waals surface area contributed by atoms with Crippen molar-refractivity contribution in [3.8, 4) is 0 Å². The van der Waals surface area contributed by atoms with E-state index >= 15 is 0 Å². The zero-order valence-corrected chi connectivity index (χ0v) is 16.0. The molecule has 2 aliphatic heterocycles. The molecule has 2 aromatic rings. The van der Waals surface area contributed by atoms with Gasteiger partial charge in [-0.1, -0.05) is 6.07 Å². The number of halogens is 2. The molecule has 1 aromatic carbocycles. The first-order valence-electron chi connectivity index (χ1n) is 8.63. The molecule has 1 atom stereocenters. The fourth-order valence-electron chi connectivity index (χ4n) is 4.31. The predicted octanol–water partition coefficient (Wildman–Crippen LogP) is 0.954. The van der Waals surface area contributed by atoms with Crippen LogP contribution in [-0.4, -0.2) is 64.8 Å². The number of hydrogen-bond donors (Lipinski definition) is 0. The van der Waals surface area contributed by atoms with E-state index in [2.05, 4.69) is 15.1 Å². The summed E-state index contributed by atoms with van der Waals surface area (Å²) < 4.78 is 54.1. The van der Waals surface area contributed by atoms with E-state index < -0.39 is 21.7 Å². The van der Waals surface area contributed by atoms with Crippen molar-refractivity contribution in [2.45, 2.75) is 12.5 Å². The standard InChI is InChI=1S/C17H21F2N5O2S/c1-22-11-20-21-16(22)13-7-24(27(2,25)26)10-17(13)8-23(9-17)6-12-3-4-14(18)15(19)5-12/h3-5,11,13H,6-10H2,1-2H3. The molecule has 27 heavy (non-hydrogen) atoms. The summed E-state index contributed by atoms with van der Waals surface area (Å²) in [5.74, 6) is -1.00. The Morgan fingerprint density at radius 1 is 1.22 bits per heavy atom. The van der Waals surface area contributed by atoms with Gasteiger partial charge >= 0.3 is 0 Å². The second kappa shape index (κ2) is 6.32. The number of aryl methyl sites for hydroxylation is 1. The van der Waals surface area contributed by atoms with Crippen molar-refractivity contribution < 1.29 is 17.2 Å². The lowest BCUT2D eigenvalue weighted by atomic mass is 9.71. The topological polar surface area (TPSA) is 71.3 Å². The molecule has 4 rings (SSSR count). The highest BCUT2D eigenvalue weighted by Crippen LogP contribution is 2.49. The van der Waals surface area contributed by atoms with Crippen LogP contribution in [0.4, 0.5) is 8.78 Å². The van der Waals surface area contributed by atoms with Crippen molar-refractivity contribution >= 4 is 10.0 Å². The van der Waals surface area contributed by atoms with Crippen LogP contribution in [0, 0.1) is 17.0 Å². The van der Waals surface area contributed by atoms with E-state index in [1.54, 1.807) is 12.4 Å². The molecule has 0 radical (unpaired) electrons. The smallest absolute Gasteiger partial charge is 0.211 e. The molecule has 0 bridgehead atoms. The van der Waals surface area contributed by atoms with Gasteiger partial charge in [0.05, 0.1) is 6.26 Å². The van der Waals surface area contributed by atoms with Crippen molar-refractivity contribution in [3.05, 3.63) is 47.5 Å². The minimum absolute atomic E-state index is 0.0547. The molecular weight excluding hydrogens is 376 g/mol. The van der Waals surface area contributed by atoms with Gasteiger partial charge in [0.25, 0.3) is 0 Å². The molecular formula is C17H21F2N5O2S. The number of aromatic nitrogens is 3. The van der Waals surface area contributed by atoms with E-state index in [-0.39, 0.29) is 11.3 Å². The fourth-order valence-corrected chi connectivity index (χ4v) is 5.22. The normalized spacial score (nSPS) is 23.0. The van der Waals surface area contributed by atoms with E-state index in [9.17, 15) is 17.2 Å². The van der Waals surface area contributed by atoms with Gasteiger partial charge in [-0.25, -0.2) is 21.5 Å². The highest BCUT2D eigenvalue weighted by molar-refractivity contribution is 7.88. The van der Waals surface area contributed by atoms with Gasteiger partial charge in [0.15, 0.2) is 11.6 Å². The highest BCUT2D eigenvalue weighted by Gasteiger charge is 2.57. The average Bonchev–Trinajstić information content (AvgIpc) is 3.14. The predicted molar refractivity (Wildman–Crippen MR) is 94.2 cm³/mol. The molecule has 2 fully saturated rings. The van der Waals surface area contributed by atoms with Gasteiger partial charge in [-0.2, -0.15) is 0 Å². The lowest BCUT2D eigenvalue weighted by Gasteiger charge is -2.50. The first-order valence-corrected chi connectivity index (χ1v) is 10.5. The molecule has 2 saturated heterocycles. The van der Waals surface area contributed by atoms with Gasteiger partial charge in [0, 0.05) is 51.1 Å². The van der Waals surface area contributed by atoms with Crippen molar-refractivity contribution in [2.75, 3.05) is 32.4 Å². The number of rotatable bonds is 4. The first-order chi connectivity index (χ1) is 12.7. The quantitative estimate of drug-likeness (QED) is 0.768. The van der Waals surface area contributed by atoms with Crippen LogP contribution in [0.5, 0.6) is 0 Å². The molecule has 2 aliphatic rings. The lowest BCUT2D eigenvalue weighted by molar-refractivity contribution is -0.00797. The largest absolute Gasteiger partial charge is 0.320 e. The SMILES string of the molecule is Cn1cnnc1C1CN(S(C)(=O)=O)CC12CN(Cc1ccc(F)c(F)c1)C2. The van der Waals surface area contributed by atoms with Gasteiger partial charge < -0.3 is 4.57 Å². The Morgan fingerprint density at radius 2 is 1.96 bits per heavy atom. The summed E-state index contributed by atoms with van der Waals surface area (Å²) in [6.45, 7) is 2.62. The number of nitrogens with zero attached hydrogens (tertiary/aromatic N) is 5. The molecule has 0 saturated carbocycles. The Bertz CT molecular complexity index is 971. The zero-order valence-electron chi connectivity index (χ0n) is 15.1. The van der Waals surface area contributed by atoms with Crippen LogP contribution in [0.25, 0.3) is 0 Å². The number of benzene rings is 1. The molecule has 7 nitrogen and oxygen atoms in total. The van der Waals surface area contributed by atoms with Crippen LogP contribution < -0.4 is 0 Å². The summed E-state index contributed by atoms with van der Waals surface area (Å²) in [4.78, 5) is 2.11. The van der Waals surface area contributed by atoms with Crippen molar-refractivity contribution in [3.63, 3.8) is 0 Å². The highest BCUT2D eigenvalue weighted by atomic mass is 32.2. The maximum absolute atomic E-state index is 13.4. The number of sulfonamides is 1. The van der Waals surface area contributed by atoms with Gasteiger partial charge in [-0.3, -0.25) is 4.90 Å². The third-order valence-electron chi connectivity index (χ3n) is 5.61. The molecule has 0 amide bonds. The van der Waals surface area contributed by atoms with Crippen molar-refractivity contribution in [2.24, 2.45) is 12.5 Å². The van der Waals surface area contributed by atoms with E-state index in [0.29, 0.717) is 38.3 Å². The van der Waals surface area contributed by atoms with Crippen LogP contribution in [0.1, 0.15) is 17.3 Å². The molecule has 1 spiro atoms. The molecule has 10 heteroatoms. The fraction of sp³-hybridized carbons (Fsp3) is 0.529. The van der Waals surface area contributed by atoms with E-state index in [1.807, 2.05) is 11.6 Å². The summed E-state index contributed by atoms with van der Waals surface area (Å²) in [6, 6.07) is 3.91. The molecule has 1 aromatic heterocycles. The Morgan fingerprint density at radius 3 is 2.56 bits per heavy atom. The second-order valence-corrected chi connectivity index (χ2v) is 9.65. The minimum atomic E-state index is -3.31. The average molecular weight is 397 g/mol. The van der Waals surface area contributed by atoms with E-state index in [0.717, 1.165) is 11.9 Å². The lowest BCUT2D eigenvalue weighted by Crippen LogP contribution is -2.59. The number of likely N-dealkylation sites (tertiary alicyclic amines) is 1. The third-order valence-corrected chi connectivity index (χ3v) is 6.83. The molecule has 146 valence electrons. The van der Waals surface area contributed by atoms with Crippen LogP contribution in [-0.2, 0) is 23.6 Å². The van der Waals surface area contributed by atoms with Gasteiger partial charge in [-0.15, -0.1) is 10.2 Å². The maximum atomic E-state index is 13.4. The summed E-state index contributed by atoms with van der Waals surface area (Å²) >= 11 is 0. The third kappa shape index (κ3) is 3.26. The van der Waals surface area contributed by atoms with E-state index in [4.69, 9.17) is 0 Å². The van der Waals surface area contributed by atoms with Crippen LogP contribution >= 0.6 is 0 Å². The Kier molecular flexibility index (Phi) is 4.32. The van der Waals surface area contributed by atoms with Gasteiger partial charge in [0.2, 0.25) is 10.0 Å². The van der Waals surface area contributed by atoms with Gasteiger partial charge in [0.1, 0.15) is 12.2 Å². The molecule has 0 N–H and O–H groups in total. The summed E-state index contributed by atoms with van der Waals surface area (Å²) in [6.07, 6.45) is 2.83. The summed E-state index contributed by atoms with van der Waals surface area (Å²) in [5.41, 5.74) is 0.444. The summed E-state index contributed by atoms with van der Waals surface area (Å²) in [7, 11) is -1.46.